The monoisotopic (exact) mass is 397 g/mol. The minimum atomic E-state index is -1.13. The SMILES string of the molecule is Nc1ncnc2c1ncn2[C@@H]1O[C@H](COCC2CCc3ccccc32)[C@@H](O)[C@H]1O. The van der Waals surface area contributed by atoms with Crippen molar-refractivity contribution in [3.8, 4) is 0 Å². The van der Waals surface area contributed by atoms with Gasteiger partial charge in [0.15, 0.2) is 17.7 Å². The average Bonchev–Trinajstić information content (AvgIpc) is 3.41. The van der Waals surface area contributed by atoms with Crippen LogP contribution in [-0.2, 0) is 15.9 Å². The Bertz CT molecular complexity index is 1030. The minimum Gasteiger partial charge on any atom is -0.387 e. The summed E-state index contributed by atoms with van der Waals surface area (Å²) in [5.41, 5.74) is 9.40. The molecule has 9 nitrogen and oxygen atoms in total. The van der Waals surface area contributed by atoms with E-state index in [0.29, 0.717) is 23.7 Å². The molecule has 0 radical (unpaired) electrons. The zero-order chi connectivity index (χ0) is 20.0. The van der Waals surface area contributed by atoms with Crippen LogP contribution in [-0.4, -0.2) is 61.3 Å². The maximum atomic E-state index is 10.5. The summed E-state index contributed by atoms with van der Waals surface area (Å²) in [5, 5.41) is 21.0. The van der Waals surface area contributed by atoms with Gasteiger partial charge in [0.1, 0.15) is 30.2 Å². The molecule has 0 saturated carbocycles. The first-order valence-corrected chi connectivity index (χ1v) is 9.73. The number of aryl methyl sites for hydroxylation is 1. The molecule has 9 heteroatoms. The fourth-order valence-corrected chi connectivity index (χ4v) is 4.30. The van der Waals surface area contributed by atoms with Gasteiger partial charge in [-0.15, -0.1) is 0 Å². The van der Waals surface area contributed by atoms with E-state index >= 15 is 0 Å². The number of aromatic nitrogens is 4. The molecule has 1 aliphatic heterocycles. The number of aliphatic hydroxyl groups excluding tert-OH is 2. The fraction of sp³-hybridized carbons (Fsp3) is 0.450. The van der Waals surface area contributed by atoms with E-state index in [1.54, 1.807) is 4.57 Å². The standard InChI is InChI=1S/C20H23N5O4/c21-18-15-19(23-9-22-18)25(10-24-15)20-17(27)16(26)14(29-20)8-28-7-12-6-5-11-3-1-2-4-13(11)12/h1-4,9-10,12,14,16-17,20,26-27H,5-8H2,(H2,21,22,23)/t12?,14-,16-,17-,20-/m1/s1. The summed E-state index contributed by atoms with van der Waals surface area (Å²) < 4.78 is 13.4. The Morgan fingerprint density at radius 2 is 2.00 bits per heavy atom. The van der Waals surface area contributed by atoms with Crippen LogP contribution in [0.5, 0.6) is 0 Å². The third kappa shape index (κ3) is 3.16. The summed E-state index contributed by atoms with van der Waals surface area (Å²) in [6.45, 7) is 0.749. The number of aliphatic hydroxyl groups is 2. The van der Waals surface area contributed by atoms with Crippen molar-refractivity contribution in [2.45, 2.75) is 43.3 Å². The second-order valence-corrected chi connectivity index (χ2v) is 7.60. The molecular weight excluding hydrogens is 374 g/mol. The Kier molecular flexibility index (Phi) is 4.67. The molecule has 0 spiro atoms. The number of nitrogens with two attached hydrogens (primary N) is 1. The number of hydrogen-bond acceptors (Lipinski definition) is 8. The number of rotatable bonds is 5. The predicted octanol–water partition coefficient (Wildman–Crippen LogP) is 0.774. The van der Waals surface area contributed by atoms with E-state index in [4.69, 9.17) is 15.2 Å². The van der Waals surface area contributed by atoms with E-state index in [-0.39, 0.29) is 12.4 Å². The zero-order valence-electron chi connectivity index (χ0n) is 15.8. The number of fused-ring (bicyclic) bond motifs is 2. The lowest BCUT2D eigenvalue weighted by molar-refractivity contribution is -0.0668. The molecular formula is C20H23N5O4. The fourth-order valence-electron chi connectivity index (χ4n) is 4.30. The molecule has 2 aromatic heterocycles. The highest BCUT2D eigenvalue weighted by Crippen LogP contribution is 2.34. The Morgan fingerprint density at radius 3 is 2.90 bits per heavy atom. The number of nitrogens with zero attached hydrogens (tertiary/aromatic N) is 4. The summed E-state index contributed by atoms with van der Waals surface area (Å²) in [7, 11) is 0. The molecule has 1 aliphatic carbocycles. The highest BCUT2D eigenvalue weighted by Gasteiger charge is 2.44. The van der Waals surface area contributed by atoms with Crippen molar-refractivity contribution in [3.63, 3.8) is 0 Å². The van der Waals surface area contributed by atoms with Crippen molar-refractivity contribution >= 4 is 17.0 Å². The highest BCUT2D eigenvalue weighted by molar-refractivity contribution is 5.81. The molecule has 3 heterocycles. The van der Waals surface area contributed by atoms with Crippen LogP contribution in [0.3, 0.4) is 0 Å². The molecule has 5 rings (SSSR count). The lowest BCUT2D eigenvalue weighted by atomic mass is 10.0. The molecule has 152 valence electrons. The molecule has 29 heavy (non-hydrogen) atoms. The van der Waals surface area contributed by atoms with Gasteiger partial charge in [-0.3, -0.25) is 4.57 Å². The minimum absolute atomic E-state index is 0.192. The second-order valence-electron chi connectivity index (χ2n) is 7.60. The Hall–Kier alpha value is -2.59. The molecule has 1 unspecified atom stereocenters. The van der Waals surface area contributed by atoms with Gasteiger partial charge in [0.2, 0.25) is 0 Å². The van der Waals surface area contributed by atoms with E-state index < -0.39 is 24.5 Å². The molecule has 1 aromatic carbocycles. The van der Waals surface area contributed by atoms with Gasteiger partial charge < -0.3 is 25.4 Å². The maximum absolute atomic E-state index is 10.5. The van der Waals surface area contributed by atoms with E-state index in [2.05, 4.69) is 33.2 Å². The van der Waals surface area contributed by atoms with Gasteiger partial charge in [0, 0.05) is 5.92 Å². The van der Waals surface area contributed by atoms with E-state index in [0.717, 1.165) is 12.8 Å². The van der Waals surface area contributed by atoms with Gasteiger partial charge in [0.05, 0.1) is 19.5 Å². The zero-order valence-corrected chi connectivity index (χ0v) is 15.8. The first kappa shape index (κ1) is 18.4. The predicted molar refractivity (Wildman–Crippen MR) is 104 cm³/mol. The number of nitrogen functional groups attached to an aromatic ring is 1. The van der Waals surface area contributed by atoms with Crippen LogP contribution in [0.25, 0.3) is 11.2 Å². The largest absolute Gasteiger partial charge is 0.387 e. The van der Waals surface area contributed by atoms with Crippen molar-refractivity contribution in [2.75, 3.05) is 18.9 Å². The number of ether oxygens (including phenoxy) is 2. The van der Waals surface area contributed by atoms with E-state index in [9.17, 15) is 10.2 Å². The van der Waals surface area contributed by atoms with Crippen molar-refractivity contribution < 1.29 is 19.7 Å². The third-order valence-corrected chi connectivity index (χ3v) is 5.86. The van der Waals surface area contributed by atoms with Crippen molar-refractivity contribution in [2.24, 2.45) is 0 Å². The van der Waals surface area contributed by atoms with Gasteiger partial charge >= 0.3 is 0 Å². The molecule has 3 aromatic rings. The number of imidazole rings is 1. The van der Waals surface area contributed by atoms with Gasteiger partial charge in [-0.25, -0.2) is 15.0 Å². The first-order valence-electron chi connectivity index (χ1n) is 9.73. The van der Waals surface area contributed by atoms with E-state index in [1.165, 1.54) is 23.8 Å². The van der Waals surface area contributed by atoms with Crippen LogP contribution in [0.2, 0.25) is 0 Å². The van der Waals surface area contributed by atoms with Gasteiger partial charge in [-0.05, 0) is 24.0 Å². The number of anilines is 1. The van der Waals surface area contributed by atoms with Gasteiger partial charge in [-0.2, -0.15) is 0 Å². The lowest BCUT2D eigenvalue weighted by Crippen LogP contribution is -2.34. The summed E-state index contributed by atoms with van der Waals surface area (Å²) in [4.78, 5) is 12.3. The molecule has 5 atom stereocenters. The topological polar surface area (TPSA) is 129 Å². The maximum Gasteiger partial charge on any atom is 0.167 e. The lowest BCUT2D eigenvalue weighted by Gasteiger charge is -2.17. The Balaban J connectivity index is 1.25. The Labute approximate surface area is 167 Å². The van der Waals surface area contributed by atoms with Crippen LogP contribution < -0.4 is 5.73 Å². The quantitative estimate of drug-likeness (QED) is 0.576. The van der Waals surface area contributed by atoms with Crippen LogP contribution in [0.1, 0.15) is 29.7 Å². The number of hydrogen-bond donors (Lipinski definition) is 3. The molecule has 1 fully saturated rings. The number of benzene rings is 1. The van der Waals surface area contributed by atoms with Crippen molar-refractivity contribution in [1.82, 2.24) is 19.5 Å². The molecule has 2 aliphatic rings. The third-order valence-electron chi connectivity index (χ3n) is 5.86. The molecule has 0 bridgehead atoms. The molecule has 1 saturated heterocycles. The smallest absolute Gasteiger partial charge is 0.167 e. The molecule has 0 amide bonds. The Morgan fingerprint density at radius 1 is 1.14 bits per heavy atom. The summed E-state index contributed by atoms with van der Waals surface area (Å²) >= 11 is 0. The summed E-state index contributed by atoms with van der Waals surface area (Å²) in [6.07, 6.45) is 1.24. The van der Waals surface area contributed by atoms with Crippen LogP contribution in [0.15, 0.2) is 36.9 Å². The van der Waals surface area contributed by atoms with Gasteiger partial charge in [-0.1, -0.05) is 24.3 Å². The average molecular weight is 397 g/mol. The van der Waals surface area contributed by atoms with E-state index in [1.807, 2.05) is 6.07 Å². The van der Waals surface area contributed by atoms with Crippen molar-refractivity contribution in [1.29, 1.82) is 0 Å². The van der Waals surface area contributed by atoms with Crippen molar-refractivity contribution in [3.05, 3.63) is 48.0 Å². The van der Waals surface area contributed by atoms with Crippen LogP contribution >= 0.6 is 0 Å². The van der Waals surface area contributed by atoms with Crippen LogP contribution in [0, 0.1) is 0 Å². The summed E-state index contributed by atoms with van der Waals surface area (Å²) in [5.74, 6) is 0.598. The summed E-state index contributed by atoms with van der Waals surface area (Å²) in [6, 6.07) is 8.42. The van der Waals surface area contributed by atoms with Gasteiger partial charge in [0.25, 0.3) is 0 Å². The van der Waals surface area contributed by atoms with Crippen LogP contribution in [0.4, 0.5) is 5.82 Å². The highest BCUT2D eigenvalue weighted by atomic mass is 16.6. The normalized spacial score (nSPS) is 28.8. The second kappa shape index (κ2) is 7.34. The first-order chi connectivity index (χ1) is 14.1. The molecule has 4 N–H and O–H groups in total.